The molecule has 7 nitrogen and oxygen atoms in total. The van der Waals surface area contributed by atoms with Crippen molar-refractivity contribution in [3.63, 3.8) is 0 Å². The first-order valence-corrected chi connectivity index (χ1v) is 6.70. The van der Waals surface area contributed by atoms with Gasteiger partial charge in [-0.1, -0.05) is 11.8 Å². The highest BCUT2D eigenvalue weighted by Crippen LogP contribution is 2.06. The summed E-state index contributed by atoms with van der Waals surface area (Å²) in [4.78, 5) is 23.7. The second kappa shape index (κ2) is 6.72. The molecule has 0 unspecified atom stereocenters. The maximum Gasteiger partial charge on any atom is 0.408 e. The smallest absolute Gasteiger partial charge is 0.408 e. The Morgan fingerprint density at radius 3 is 2.68 bits per heavy atom. The molecule has 0 aliphatic heterocycles. The van der Waals surface area contributed by atoms with Crippen LogP contribution in [0.5, 0.6) is 0 Å². The number of carbonyl (C=O) groups is 1. The Balaban J connectivity index is 1.86. The number of amides is 1. The summed E-state index contributed by atoms with van der Waals surface area (Å²) in [6, 6.07) is 0. The van der Waals surface area contributed by atoms with Crippen LogP contribution in [0.2, 0.25) is 0 Å². The van der Waals surface area contributed by atoms with Gasteiger partial charge < -0.3 is 10.1 Å². The highest BCUT2D eigenvalue weighted by Gasteiger charge is 2.14. The lowest BCUT2D eigenvalue weighted by molar-refractivity contribution is 0.0535. The number of nitrogens with one attached hydrogen (secondary N) is 1. The van der Waals surface area contributed by atoms with E-state index in [-0.39, 0.29) is 6.54 Å². The fourth-order valence-electron chi connectivity index (χ4n) is 1.47. The zero-order valence-corrected chi connectivity index (χ0v) is 12.7. The molecule has 2 rings (SSSR count). The minimum Gasteiger partial charge on any atom is -0.444 e. The van der Waals surface area contributed by atoms with Crippen molar-refractivity contribution in [2.75, 3.05) is 6.54 Å². The van der Waals surface area contributed by atoms with E-state index in [1.54, 1.807) is 56.5 Å². The molecule has 0 atom stereocenters. The second-order valence-electron chi connectivity index (χ2n) is 5.40. The number of hydrogen-bond donors (Lipinski definition) is 1. The SMILES string of the molecule is CC(C)(C)OC(=O)NCC#Cc1cnc(-n2ccnc2)nc1. The predicted octanol–water partition coefficient (Wildman–Crippen LogP) is 1.54. The third-order valence-electron chi connectivity index (χ3n) is 2.33. The molecular formula is C15H17N5O2. The fourth-order valence-corrected chi connectivity index (χ4v) is 1.47. The number of imidazole rings is 1. The number of carbonyl (C=O) groups excluding carboxylic acids is 1. The van der Waals surface area contributed by atoms with Crippen molar-refractivity contribution in [2.24, 2.45) is 0 Å². The minimum atomic E-state index is -0.519. The second-order valence-corrected chi connectivity index (χ2v) is 5.40. The lowest BCUT2D eigenvalue weighted by Gasteiger charge is -2.18. The van der Waals surface area contributed by atoms with Crippen LogP contribution in [-0.4, -0.2) is 37.8 Å². The van der Waals surface area contributed by atoms with Crippen LogP contribution < -0.4 is 5.32 Å². The van der Waals surface area contributed by atoms with E-state index in [0.29, 0.717) is 11.5 Å². The fraction of sp³-hybridized carbons (Fsp3) is 0.333. The summed E-state index contributed by atoms with van der Waals surface area (Å²) in [6.45, 7) is 5.60. The maximum atomic E-state index is 11.4. The van der Waals surface area contributed by atoms with Crippen LogP contribution in [-0.2, 0) is 4.74 Å². The molecule has 0 fully saturated rings. The van der Waals surface area contributed by atoms with Gasteiger partial charge in [0, 0.05) is 24.8 Å². The third kappa shape index (κ3) is 4.90. The molecule has 1 N–H and O–H groups in total. The van der Waals surface area contributed by atoms with Gasteiger partial charge in [0.15, 0.2) is 0 Å². The first-order chi connectivity index (χ1) is 10.4. The van der Waals surface area contributed by atoms with Crippen molar-refractivity contribution in [1.82, 2.24) is 24.8 Å². The Morgan fingerprint density at radius 1 is 1.36 bits per heavy atom. The van der Waals surface area contributed by atoms with Gasteiger partial charge in [0.05, 0.1) is 12.1 Å². The molecule has 0 aromatic carbocycles. The van der Waals surface area contributed by atoms with Crippen LogP contribution >= 0.6 is 0 Å². The molecule has 1 amide bonds. The number of aromatic nitrogens is 4. The number of alkyl carbamates (subject to hydrolysis) is 1. The van der Waals surface area contributed by atoms with Crippen LogP contribution in [0, 0.1) is 11.8 Å². The molecule has 0 aliphatic rings. The highest BCUT2D eigenvalue weighted by atomic mass is 16.6. The number of nitrogens with zero attached hydrogens (tertiary/aromatic N) is 4. The summed E-state index contributed by atoms with van der Waals surface area (Å²) in [5.74, 6) is 6.20. The van der Waals surface area contributed by atoms with Crippen LogP contribution in [0.25, 0.3) is 5.95 Å². The van der Waals surface area contributed by atoms with E-state index in [0.717, 1.165) is 0 Å². The first-order valence-electron chi connectivity index (χ1n) is 6.70. The monoisotopic (exact) mass is 299 g/mol. The summed E-state index contributed by atoms with van der Waals surface area (Å²) in [7, 11) is 0. The number of rotatable bonds is 2. The average Bonchev–Trinajstić information content (AvgIpc) is 2.96. The molecule has 0 saturated carbocycles. The summed E-state index contributed by atoms with van der Waals surface area (Å²) in [6.07, 6.45) is 7.76. The average molecular weight is 299 g/mol. The molecule has 0 radical (unpaired) electrons. The van der Waals surface area contributed by atoms with Crippen molar-refractivity contribution in [1.29, 1.82) is 0 Å². The number of hydrogen-bond acceptors (Lipinski definition) is 5. The van der Waals surface area contributed by atoms with Crippen LogP contribution in [0.15, 0.2) is 31.1 Å². The molecule has 0 spiro atoms. The van der Waals surface area contributed by atoms with Crippen LogP contribution in [0.1, 0.15) is 26.3 Å². The summed E-state index contributed by atoms with van der Waals surface area (Å²) < 4.78 is 6.79. The molecule has 2 heterocycles. The van der Waals surface area contributed by atoms with E-state index < -0.39 is 11.7 Å². The molecule has 22 heavy (non-hydrogen) atoms. The van der Waals surface area contributed by atoms with E-state index >= 15 is 0 Å². The quantitative estimate of drug-likeness (QED) is 0.851. The molecule has 2 aromatic heterocycles. The molecular weight excluding hydrogens is 282 g/mol. The van der Waals surface area contributed by atoms with E-state index in [4.69, 9.17) is 4.74 Å². The van der Waals surface area contributed by atoms with Gasteiger partial charge in [0.25, 0.3) is 0 Å². The summed E-state index contributed by atoms with van der Waals surface area (Å²) in [5.41, 5.74) is 0.143. The zero-order valence-electron chi connectivity index (χ0n) is 12.7. The Hall–Kier alpha value is -2.88. The molecule has 7 heteroatoms. The molecule has 0 saturated heterocycles. The minimum absolute atomic E-state index is 0.193. The van der Waals surface area contributed by atoms with Gasteiger partial charge in [-0.2, -0.15) is 0 Å². The van der Waals surface area contributed by atoms with E-state index in [2.05, 4.69) is 32.1 Å². The molecule has 0 aliphatic carbocycles. The topological polar surface area (TPSA) is 81.9 Å². The Kier molecular flexibility index (Phi) is 4.73. The van der Waals surface area contributed by atoms with Crippen molar-refractivity contribution in [2.45, 2.75) is 26.4 Å². The summed E-state index contributed by atoms with van der Waals surface area (Å²) in [5, 5.41) is 2.56. The van der Waals surface area contributed by atoms with E-state index in [1.807, 2.05) is 0 Å². The van der Waals surface area contributed by atoms with Crippen molar-refractivity contribution < 1.29 is 9.53 Å². The maximum absolute atomic E-state index is 11.4. The Labute approximate surface area is 128 Å². The predicted molar refractivity (Wildman–Crippen MR) is 80.3 cm³/mol. The van der Waals surface area contributed by atoms with Gasteiger partial charge in [-0.05, 0) is 20.8 Å². The van der Waals surface area contributed by atoms with E-state index in [1.165, 1.54) is 0 Å². The van der Waals surface area contributed by atoms with Gasteiger partial charge in [0.2, 0.25) is 5.95 Å². The lowest BCUT2D eigenvalue weighted by atomic mass is 10.2. The van der Waals surface area contributed by atoms with Crippen molar-refractivity contribution in [3.05, 3.63) is 36.7 Å². The van der Waals surface area contributed by atoms with Gasteiger partial charge in [-0.25, -0.2) is 19.7 Å². The molecule has 0 bridgehead atoms. The third-order valence-corrected chi connectivity index (χ3v) is 2.33. The highest BCUT2D eigenvalue weighted by molar-refractivity contribution is 5.68. The first kappa shape index (κ1) is 15.5. The van der Waals surface area contributed by atoms with Gasteiger partial charge >= 0.3 is 6.09 Å². The normalized spacial score (nSPS) is 10.5. The largest absolute Gasteiger partial charge is 0.444 e. The zero-order chi connectivity index (χ0) is 16.0. The molecule has 2 aromatic rings. The Morgan fingerprint density at radius 2 is 2.09 bits per heavy atom. The standard InChI is InChI=1S/C15H17N5O2/c1-15(2,3)22-14(21)17-6-4-5-12-9-18-13(19-10-12)20-8-7-16-11-20/h7-11H,6H2,1-3H3,(H,17,21). The summed E-state index contributed by atoms with van der Waals surface area (Å²) >= 11 is 0. The van der Waals surface area contributed by atoms with Crippen LogP contribution in [0.4, 0.5) is 4.79 Å². The molecule has 114 valence electrons. The van der Waals surface area contributed by atoms with Gasteiger partial charge in [-0.3, -0.25) is 4.57 Å². The van der Waals surface area contributed by atoms with Gasteiger partial charge in [-0.15, -0.1) is 0 Å². The van der Waals surface area contributed by atoms with Crippen molar-refractivity contribution in [3.8, 4) is 17.8 Å². The number of ether oxygens (including phenoxy) is 1. The Bertz CT molecular complexity index is 675. The van der Waals surface area contributed by atoms with Crippen LogP contribution in [0.3, 0.4) is 0 Å². The lowest BCUT2D eigenvalue weighted by Crippen LogP contribution is -2.32. The van der Waals surface area contributed by atoms with Gasteiger partial charge in [0.1, 0.15) is 11.9 Å². The van der Waals surface area contributed by atoms with Crippen molar-refractivity contribution >= 4 is 6.09 Å². The van der Waals surface area contributed by atoms with E-state index in [9.17, 15) is 4.79 Å².